The van der Waals surface area contributed by atoms with Crippen LogP contribution in [0.5, 0.6) is 0 Å². The van der Waals surface area contributed by atoms with Gasteiger partial charge in [0, 0.05) is 11.6 Å². The van der Waals surface area contributed by atoms with Crippen LogP contribution in [0.3, 0.4) is 0 Å². The van der Waals surface area contributed by atoms with E-state index >= 15 is 0 Å². The number of amides is 1. The molecule has 5 nitrogen and oxygen atoms in total. The summed E-state index contributed by atoms with van der Waals surface area (Å²) in [6.45, 7) is 3.40. The van der Waals surface area contributed by atoms with Crippen LogP contribution >= 0.6 is 0 Å². The number of nitrogens with zero attached hydrogens (tertiary/aromatic N) is 1. The van der Waals surface area contributed by atoms with Crippen LogP contribution in [0.4, 0.5) is 8.78 Å². The van der Waals surface area contributed by atoms with Crippen LogP contribution in [0.15, 0.2) is 59.5 Å². The number of pyridine rings is 1. The van der Waals surface area contributed by atoms with E-state index in [4.69, 9.17) is 0 Å². The second kappa shape index (κ2) is 8.34. The number of hydrogen-bond acceptors (Lipinski definition) is 3. The number of carbonyl (C=O) groups is 1. The number of nitrogens with one attached hydrogen (secondary N) is 2. The summed E-state index contributed by atoms with van der Waals surface area (Å²) in [5, 5.41) is 3.08. The van der Waals surface area contributed by atoms with Gasteiger partial charge < -0.3 is 5.32 Å². The molecule has 31 heavy (non-hydrogen) atoms. The molecule has 160 valence electrons. The minimum absolute atomic E-state index is 0.163. The molecule has 4 rings (SSSR count). The third kappa shape index (κ3) is 3.95. The Morgan fingerprint density at radius 2 is 1.94 bits per heavy atom. The molecule has 1 heterocycles. The lowest BCUT2D eigenvalue weighted by molar-refractivity contribution is 0.0932. The topological polar surface area (TPSA) is 63.1 Å². The van der Waals surface area contributed by atoms with Gasteiger partial charge in [0.25, 0.3) is 11.5 Å². The van der Waals surface area contributed by atoms with E-state index < -0.39 is 17.3 Å². The summed E-state index contributed by atoms with van der Waals surface area (Å²) >= 11 is 0. The van der Waals surface area contributed by atoms with E-state index in [1.165, 1.54) is 30.5 Å². The first-order valence-electron chi connectivity index (χ1n) is 10.2. The van der Waals surface area contributed by atoms with Gasteiger partial charge in [-0.15, -0.1) is 0 Å². The summed E-state index contributed by atoms with van der Waals surface area (Å²) in [5.41, 5.74) is 3.46. The normalized spacial score (nSPS) is 14.7. The van der Waals surface area contributed by atoms with Crippen molar-refractivity contribution in [1.82, 2.24) is 9.99 Å². The van der Waals surface area contributed by atoms with Gasteiger partial charge in [-0.05, 0) is 56.4 Å². The molecule has 0 bridgehead atoms. The van der Waals surface area contributed by atoms with Crippen molar-refractivity contribution < 1.29 is 13.6 Å². The third-order valence-electron chi connectivity index (χ3n) is 5.58. The molecule has 0 radical (unpaired) electrons. The number of halogens is 2. The van der Waals surface area contributed by atoms with Crippen LogP contribution in [0.2, 0.25) is 0 Å². The average molecular weight is 423 g/mol. The van der Waals surface area contributed by atoms with Crippen molar-refractivity contribution in [2.24, 2.45) is 5.92 Å². The monoisotopic (exact) mass is 423 g/mol. The van der Waals surface area contributed by atoms with Crippen LogP contribution in [-0.4, -0.2) is 10.6 Å². The average Bonchev–Trinajstić information content (AvgIpc) is 3.57. The van der Waals surface area contributed by atoms with E-state index in [0.717, 1.165) is 17.5 Å². The fourth-order valence-electron chi connectivity index (χ4n) is 3.93. The van der Waals surface area contributed by atoms with E-state index in [-0.39, 0.29) is 34.1 Å². The van der Waals surface area contributed by atoms with Crippen LogP contribution < -0.4 is 16.3 Å². The Kier molecular flexibility index (Phi) is 5.59. The molecule has 1 amide bonds. The van der Waals surface area contributed by atoms with Gasteiger partial charge in [-0.25, -0.2) is 13.5 Å². The molecule has 7 heteroatoms. The second-order valence-electron chi connectivity index (χ2n) is 7.74. The lowest BCUT2D eigenvalue weighted by atomic mass is 9.99. The van der Waals surface area contributed by atoms with Crippen LogP contribution in [0.25, 0.3) is 10.8 Å². The molecule has 1 aliphatic rings. The van der Waals surface area contributed by atoms with Crippen molar-refractivity contribution in [1.29, 1.82) is 0 Å². The van der Waals surface area contributed by atoms with Gasteiger partial charge in [0.1, 0.15) is 11.6 Å². The predicted molar refractivity (Wildman–Crippen MR) is 116 cm³/mol. The van der Waals surface area contributed by atoms with Crippen molar-refractivity contribution in [3.63, 3.8) is 0 Å². The largest absolute Gasteiger partial charge is 0.345 e. The zero-order chi connectivity index (χ0) is 22.1. The number of hydrogen-bond donors (Lipinski definition) is 2. The quantitative estimate of drug-likeness (QED) is 0.612. The Morgan fingerprint density at radius 1 is 1.19 bits per heavy atom. The fraction of sp³-hybridized carbons (Fsp3) is 0.250. The van der Waals surface area contributed by atoms with Crippen molar-refractivity contribution in [3.05, 3.63) is 93.5 Å². The summed E-state index contributed by atoms with van der Waals surface area (Å²) < 4.78 is 29.6. The molecule has 1 saturated carbocycles. The molecule has 0 spiro atoms. The van der Waals surface area contributed by atoms with E-state index in [0.29, 0.717) is 11.3 Å². The summed E-state index contributed by atoms with van der Waals surface area (Å²) in [4.78, 5) is 26.3. The second-order valence-corrected chi connectivity index (χ2v) is 7.74. The Labute approximate surface area is 178 Å². The van der Waals surface area contributed by atoms with E-state index in [1.54, 1.807) is 38.1 Å². The number of aromatic nitrogens is 1. The first-order valence-corrected chi connectivity index (χ1v) is 10.2. The molecule has 3 aromatic rings. The summed E-state index contributed by atoms with van der Waals surface area (Å²) in [6.07, 6.45) is 5.07. The molecule has 1 atom stereocenters. The number of carbonyl (C=O) groups excluding carboxylic acids is 1. The van der Waals surface area contributed by atoms with Crippen molar-refractivity contribution >= 4 is 16.7 Å². The first kappa shape index (κ1) is 20.8. The Hall–Kier alpha value is -3.48. The van der Waals surface area contributed by atoms with Crippen molar-refractivity contribution in [2.45, 2.75) is 32.7 Å². The predicted octanol–water partition coefficient (Wildman–Crippen LogP) is 4.55. The van der Waals surface area contributed by atoms with Gasteiger partial charge >= 0.3 is 0 Å². The number of rotatable bonds is 6. The molecule has 1 aliphatic carbocycles. The van der Waals surface area contributed by atoms with Gasteiger partial charge in [-0.2, -0.15) is 0 Å². The highest BCUT2D eigenvalue weighted by Crippen LogP contribution is 2.41. The third-order valence-corrected chi connectivity index (χ3v) is 5.58. The number of benzene rings is 2. The minimum atomic E-state index is -0.698. The smallest absolute Gasteiger partial charge is 0.280 e. The summed E-state index contributed by atoms with van der Waals surface area (Å²) in [6, 6.07) is 10.0. The highest BCUT2D eigenvalue weighted by Gasteiger charge is 2.34. The number of fused-ring (bicyclic) bond motifs is 1. The Balaban J connectivity index is 1.83. The zero-order valence-electron chi connectivity index (χ0n) is 17.3. The lowest BCUT2D eigenvalue weighted by Gasteiger charge is -2.22. The maximum Gasteiger partial charge on any atom is 0.280 e. The zero-order valence-corrected chi connectivity index (χ0v) is 17.3. The van der Waals surface area contributed by atoms with Crippen LogP contribution in [-0.2, 0) is 0 Å². The fourth-order valence-corrected chi connectivity index (χ4v) is 3.93. The first-order chi connectivity index (χ1) is 14.9. The minimum Gasteiger partial charge on any atom is -0.345 e. The van der Waals surface area contributed by atoms with Crippen molar-refractivity contribution in [2.75, 3.05) is 5.43 Å². The Morgan fingerprint density at radius 3 is 2.61 bits per heavy atom. The van der Waals surface area contributed by atoms with Gasteiger partial charge in [0.05, 0.1) is 22.7 Å². The Bertz CT molecular complexity index is 1250. The van der Waals surface area contributed by atoms with Gasteiger partial charge in [0.15, 0.2) is 0 Å². The SMILES string of the molecule is C/C=C\Nn1c(C)c(C(=O)NC(c2cccc(F)c2)C2CC2)c2cccc(F)c2c1=O. The molecule has 1 unspecified atom stereocenters. The molecule has 0 aliphatic heterocycles. The van der Waals surface area contributed by atoms with Crippen LogP contribution in [0, 0.1) is 24.5 Å². The standard InChI is InChI=1S/C24H23F2N3O2/c1-3-12-27-29-14(2)20(18-8-5-9-19(26)21(18)24(29)31)23(30)28-22(15-10-11-15)16-6-4-7-17(25)13-16/h3-9,12-13,15,22,27H,10-11H2,1-2H3,(H,28,30)/b12-3-. The van der Waals surface area contributed by atoms with E-state index in [2.05, 4.69) is 10.7 Å². The van der Waals surface area contributed by atoms with Crippen LogP contribution in [0.1, 0.15) is 47.4 Å². The van der Waals surface area contributed by atoms with Gasteiger partial charge in [-0.1, -0.05) is 30.3 Å². The van der Waals surface area contributed by atoms with Gasteiger partial charge in [-0.3, -0.25) is 15.0 Å². The molecule has 0 saturated heterocycles. The molecular formula is C24H23F2N3O2. The molecule has 2 aromatic carbocycles. The van der Waals surface area contributed by atoms with Crippen molar-refractivity contribution in [3.8, 4) is 0 Å². The van der Waals surface area contributed by atoms with E-state index in [1.807, 2.05) is 0 Å². The highest BCUT2D eigenvalue weighted by atomic mass is 19.1. The maximum absolute atomic E-state index is 14.6. The molecule has 1 aromatic heterocycles. The van der Waals surface area contributed by atoms with Gasteiger partial charge in [0.2, 0.25) is 0 Å². The number of allylic oxidation sites excluding steroid dienone is 1. The summed E-state index contributed by atoms with van der Waals surface area (Å²) in [7, 11) is 0. The highest BCUT2D eigenvalue weighted by molar-refractivity contribution is 6.08. The molecule has 2 N–H and O–H groups in total. The lowest BCUT2D eigenvalue weighted by Crippen LogP contribution is -2.35. The molecule has 1 fully saturated rings. The summed E-state index contributed by atoms with van der Waals surface area (Å²) in [5.74, 6) is -1.30. The van der Waals surface area contributed by atoms with E-state index in [9.17, 15) is 18.4 Å². The maximum atomic E-state index is 14.6. The molecular weight excluding hydrogens is 400 g/mol.